The van der Waals surface area contributed by atoms with Gasteiger partial charge in [0.15, 0.2) is 5.82 Å². The summed E-state index contributed by atoms with van der Waals surface area (Å²) in [7, 11) is 1.98. The lowest BCUT2D eigenvalue weighted by molar-refractivity contribution is 1.03. The summed E-state index contributed by atoms with van der Waals surface area (Å²) in [5, 5.41) is 0. The molecule has 0 saturated carbocycles. The van der Waals surface area contributed by atoms with E-state index in [1.54, 1.807) is 12.4 Å². The lowest BCUT2D eigenvalue weighted by Crippen LogP contribution is -2.13. The van der Waals surface area contributed by atoms with Crippen molar-refractivity contribution in [2.75, 3.05) is 11.9 Å². The molecule has 2 N–H and O–H groups in total. The summed E-state index contributed by atoms with van der Waals surface area (Å²) in [6.07, 6.45) is 3.40. The maximum absolute atomic E-state index is 5.58. The highest BCUT2D eigenvalue weighted by Crippen LogP contribution is 2.23. The van der Waals surface area contributed by atoms with Crippen LogP contribution in [0.2, 0.25) is 0 Å². The van der Waals surface area contributed by atoms with E-state index < -0.39 is 0 Å². The second kappa shape index (κ2) is 4.93. The molecule has 0 saturated heterocycles. The van der Waals surface area contributed by atoms with Crippen LogP contribution in [-0.4, -0.2) is 17.0 Å². The van der Waals surface area contributed by atoms with Crippen LogP contribution < -0.4 is 10.6 Å². The molecule has 1 heterocycles. The summed E-state index contributed by atoms with van der Waals surface area (Å²) in [6.45, 7) is 2.52. The fraction of sp³-hybridized carbons (Fsp3) is 0.231. The molecule has 17 heavy (non-hydrogen) atoms. The van der Waals surface area contributed by atoms with Gasteiger partial charge in [-0.15, -0.1) is 0 Å². The molecular formula is C13H16N4. The average Bonchev–Trinajstić information content (AvgIpc) is 2.39. The van der Waals surface area contributed by atoms with Gasteiger partial charge in [0, 0.05) is 31.7 Å². The normalized spacial score (nSPS) is 10.3. The van der Waals surface area contributed by atoms with E-state index in [-0.39, 0.29) is 0 Å². The largest absolute Gasteiger partial charge is 0.328 e. The SMILES string of the molecule is Cc1nccnc1N(C)c1ccc(CN)cc1. The van der Waals surface area contributed by atoms with Crippen molar-refractivity contribution in [1.29, 1.82) is 0 Å². The molecule has 0 amide bonds. The topological polar surface area (TPSA) is 55.0 Å². The lowest BCUT2D eigenvalue weighted by Gasteiger charge is -2.19. The second-order valence-corrected chi connectivity index (χ2v) is 3.89. The van der Waals surface area contributed by atoms with Crippen LogP contribution in [0.25, 0.3) is 0 Å². The molecule has 0 unspecified atom stereocenters. The maximum Gasteiger partial charge on any atom is 0.154 e. The first-order valence-electron chi connectivity index (χ1n) is 5.52. The number of benzene rings is 1. The number of nitrogens with zero attached hydrogens (tertiary/aromatic N) is 3. The van der Waals surface area contributed by atoms with E-state index >= 15 is 0 Å². The number of hydrogen-bond acceptors (Lipinski definition) is 4. The zero-order chi connectivity index (χ0) is 12.3. The summed E-state index contributed by atoms with van der Waals surface area (Å²) < 4.78 is 0. The number of aryl methyl sites for hydroxylation is 1. The quantitative estimate of drug-likeness (QED) is 0.873. The fourth-order valence-corrected chi connectivity index (χ4v) is 1.71. The van der Waals surface area contributed by atoms with Crippen molar-refractivity contribution < 1.29 is 0 Å². The van der Waals surface area contributed by atoms with E-state index in [1.807, 2.05) is 43.1 Å². The smallest absolute Gasteiger partial charge is 0.154 e. The highest BCUT2D eigenvalue weighted by molar-refractivity contribution is 5.60. The van der Waals surface area contributed by atoms with Crippen molar-refractivity contribution in [3.05, 3.63) is 47.9 Å². The molecule has 88 valence electrons. The van der Waals surface area contributed by atoms with Gasteiger partial charge in [-0.25, -0.2) is 4.98 Å². The minimum atomic E-state index is 0.564. The Labute approximate surface area is 101 Å². The average molecular weight is 228 g/mol. The van der Waals surface area contributed by atoms with Crippen molar-refractivity contribution in [3.63, 3.8) is 0 Å². The van der Waals surface area contributed by atoms with Crippen LogP contribution in [0.5, 0.6) is 0 Å². The van der Waals surface area contributed by atoms with Gasteiger partial charge in [-0.05, 0) is 24.6 Å². The van der Waals surface area contributed by atoms with Gasteiger partial charge in [0.1, 0.15) is 0 Å². The molecule has 0 radical (unpaired) electrons. The summed E-state index contributed by atoms with van der Waals surface area (Å²) in [4.78, 5) is 10.6. The molecule has 4 nitrogen and oxygen atoms in total. The van der Waals surface area contributed by atoms with Gasteiger partial charge >= 0.3 is 0 Å². The van der Waals surface area contributed by atoms with Gasteiger partial charge in [0.05, 0.1) is 5.69 Å². The van der Waals surface area contributed by atoms with Gasteiger partial charge in [-0.2, -0.15) is 0 Å². The maximum atomic E-state index is 5.58. The van der Waals surface area contributed by atoms with Gasteiger partial charge in [0.25, 0.3) is 0 Å². The highest BCUT2D eigenvalue weighted by atomic mass is 15.2. The zero-order valence-electron chi connectivity index (χ0n) is 10.1. The van der Waals surface area contributed by atoms with Gasteiger partial charge < -0.3 is 10.6 Å². The van der Waals surface area contributed by atoms with Crippen molar-refractivity contribution in [3.8, 4) is 0 Å². The van der Waals surface area contributed by atoms with Crippen LogP contribution in [0.15, 0.2) is 36.7 Å². The zero-order valence-corrected chi connectivity index (χ0v) is 10.1. The molecule has 1 aromatic heterocycles. The fourth-order valence-electron chi connectivity index (χ4n) is 1.71. The van der Waals surface area contributed by atoms with Gasteiger partial charge in [-0.1, -0.05) is 12.1 Å². The molecule has 0 spiro atoms. The minimum absolute atomic E-state index is 0.564. The first kappa shape index (κ1) is 11.5. The predicted octanol–water partition coefficient (Wildman–Crippen LogP) is 2.01. The van der Waals surface area contributed by atoms with Gasteiger partial charge in [-0.3, -0.25) is 4.98 Å². The number of aromatic nitrogens is 2. The molecule has 0 fully saturated rings. The van der Waals surface area contributed by atoms with Crippen molar-refractivity contribution in [2.45, 2.75) is 13.5 Å². The van der Waals surface area contributed by atoms with Crippen LogP contribution in [-0.2, 0) is 6.54 Å². The molecule has 0 atom stereocenters. The number of nitrogens with two attached hydrogens (primary N) is 1. The molecular weight excluding hydrogens is 212 g/mol. The summed E-state index contributed by atoms with van der Waals surface area (Å²) in [5.74, 6) is 0.869. The van der Waals surface area contributed by atoms with E-state index in [2.05, 4.69) is 9.97 Å². The summed E-state index contributed by atoms with van der Waals surface area (Å²) in [6, 6.07) is 8.13. The van der Waals surface area contributed by atoms with Crippen LogP contribution in [0.3, 0.4) is 0 Å². The van der Waals surface area contributed by atoms with E-state index in [4.69, 9.17) is 5.73 Å². The Morgan fingerprint density at radius 1 is 1.12 bits per heavy atom. The first-order chi connectivity index (χ1) is 8.22. The predicted molar refractivity (Wildman–Crippen MR) is 69.2 cm³/mol. The summed E-state index contributed by atoms with van der Waals surface area (Å²) in [5.41, 5.74) is 8.69. The molecule has 2 rings (SSSR count). The Kier molecular flexibility index (Phi) is 3.35. The molecule has 0 aliphatic carbocycles. The third-order valence-corrected chi connectivity index (χ3v) is 2.73. The van der Waals surface area contributed by atoms with Crippen LogP contribution in [0.4, 0.5) is 11.5 Å². The molecule has 1 aromatic carbocycles. The first-order valence-corrected chi connectivity index (χ1v) is 5.52. The number of anilines is 2. The molecule has 0 aliphatic rings. The Morgan fingerprint density at radius 3 is 2.35 bits per heavy atom. The Bertz CT molecular complexity index is 493. The minimum Gasteiger partial charge on any atom is -0.328 e. The molecule has 4 heteroatoms. The van der Waals surface area contributed by atoms with Crippen molar-refractivity contribution in [1.82, 2.24) is 9.97 Å². The Morgan fingerprint density at radius 2 is 1.76 bits per heavy atom. The Hall–Kier alpha value is -1.94. The monoisotopic (exact) mass is 228 g/mol. The van der Waals surface area contributed by atoms with E-state index in [9.17, 15) is 0 Å². The van der Waals surface area contributed by atoms with E-state index in [1.165, 1.54) is 0 Å². The Balaban J connectivity index is 2.30. The number of rotatable bonds is 3. The third-order valence-electron chi connectivity index (χ3n) is 2.73. The third kappa shape index (κ3) is 2.42. The standard InChI is InChI=1S/C13H16N4/c1-10-13(16-8-7-15-10)17(2)12-5-3-11(9-14)4-6-12/h3-8H,9,14H2,1-2H3. The van der Waals surface area contributed by atoms with E-state index in [0.29, 0.717) is 6.54 Å². The molecule has 0 bridgehead atoms. The highest BCUT2D eigenvalue weighted by Gasteiger charge is 2.08. The van der Waals surface area contributed by atoms with Crippen LogP contribution in [0.1, 0.15) is 11.3 Å². The lowest BCUT2D eigenvalue weighted by atomic mass is 10.2. The van der Waals surface area contributed by atoms with Crippen molar-refractivity contribution in [2.24, 2.45) is 5.73 Å². The van der Waals surface area contributed by atoms with Crippen LogP contribution >= 0.6 is 0 Å². The van der Waals surface area contributed by atoms with Crippen molar-refractivity contribution >= 4 is 11.5 Å². The number of hydrogen-bond donors (Lipinski definition) is 1. The molecule has 2 aromatic rings. The van der Waals surface area contributed by atoms with Crippen LogP contribution in [0, 0.1) is 6.92 Å². The van der Waals surface area contributed by atoms with Gasteiger partial charge in [0.2, 0.25) is 0 Å². The second-order valence-electron chi connectivity index (χ2n) is 3.89. The summed E-state index contributed by atoms with van der Waals surface area (Å²) >= 11 is 0. The van der Waals surface area contributed by atoms with E-state index in [0.717, 1.165) is 22.8 Å². The molecule has 0 aliphatic heterocycles.